The third-order valence-electron chi connectivity index (χ3n) is 3.61. The number of ether oxygens (including phenoxy) is 1. The fraction of sp³-hybridized carbons (Fsp3) is 1.00. The number of hydrogen-bond donors (Lipinski definition) is 1. The van der Waals surface area contributed by atoms with Gasteiger partial charge in [-0.1, -0.05) is 13.8 Å². The molecule has 2 rings (SSSR count). The van der Waals surface area contributed by atoms with E-state index in [4.69, 9.17) is 4.74 Å². The van der Waals surface area contributed by atoms with E-state index in [1.807, 2.05) is 0 Å². The maximum atomic E-state index is 5.75. The van der Waals surface area contributed by atoms with Gasteiger partial charge in [-0.25, -0.2) is 0 Å². The van der Waals surface area contributed by atoms with Crippen molar-refractivity contribution in [3.63, 3.8) is 0 Å². The van der Waals surface area contributed by atoms with Crippen LogP contribution < -0.4 is 5.32 Å². The van der Waals surface area contributed by atoms with Crippen molar-refractivity contribution in [2.75, 3.05) is 13.2 Å². The molecule has 3 unspecified atom stereocenters. The van der Waals surface area contributed by atoms with E-state index in [2.05, 4.69) is 19.2 Å². The Morgan fingerprint density at radius 3 is 2.92 bits per heavy atom. The van der Waals surface area contributed by atoms with E-state index >= 15 is 0 Å². The van der Waals surface area contributed by atoms with Crippen LogP contribution in [0.15, 0.2) is 0 Å². The third kappa shape index (κ3) is 2.05. The third-order valence-corrected chi connectivity index (χ3v) is 3.61. The van der Waals surface area contributed by atoms with Crippen LogP contribution in [0.25, 0.3) is 0 Å². The minimum atomic E-state index is 0.517. The summed E-state index contributed by atoms with van der Waals surface area (Å²) in [5.41, 5.74) is 0. The average molecular weight is 183 g/mol. The first-order valence-electron chi connectivity index (χ1n) is 5.62. The van der Waals surface area contributed by atoms with Crippen LogP contribution in [0.3, 0.4) is 0 Å². The van der Waals surface area contributed by atoms with Gasteiger partial charge >= 0.3 is 0 Å². The summed E-state index contributed by atoms with van der Waals surface area (Å²) in [7, 11) is 0. The molecule has 0 spiro atoms. The smallest absolute Gasteiger partial charge is 0.0728 e. The summed E-state index contributed by atoms with van der Waals surface area (Å²) in [5.74, 6) is 1.75. The van der Waals surface area contributed by atoms with E-state index in [1.54, 1.807) is 0 Å². The molecule has 1 N–H and O–H groups in total. The highest BCUT2D eigenvalue weighted by Crippen LogP contribution is 2.32. The van der Waals surface area contributed by atoms with Crippen LogP contribution in [0.1, 0.15) is 33.1 Å². The molecule has 2 heteroatoms. The summed E-state index contributed by atoms with van der Waals surface area (Å²) in [6, 6.07) is 0.648. The van der Waals surface area contributed by atoms with E-state index in [0.29, 0.717) is 12.1 Å². The molecule has 1 aliphatic carbocycles. The van der Waals surface area contributed by atoms with Gasteiger partial charge in [-0.15, -0.1) is 0 Å². The number of hydrogen-bond acceptors (Lipinski definition) is 2. The van der Waals surface area contributed by atoms with Crippen molar-refractivity contribution >= 4 is 0 Å². The van der Waals surface area contributed by atoms with E-state index in [-0.39, 0.29) is 0 Å². The van der Waals surface area contributed by atoms with Crippen LogP contribution in [-0.4, -0.2) is 25.3 Å². The first-order valence-corrected chi connectivity index (χ1v) is 5.62. The van der Waals surface area contributed by atoms with E-state index in [9.17, 15) is 0 Å². The maximum Gasteiger partial charge on any atom is 0.0728 e. The quantitative estimate of drug-likeness (QED) is 0.669. The van der Waals surface area contributed by atoms with Crippen molar-refractivity contribution in [1.29, 1.82) is 0 Å². The molecule has 0 bridgehead atoms. The second-order valence-electron chi connectivity index (χ2n) is 4.79. The molecule has 1 heterocycles. The zero-order chi connectivity index (χ0) is 9.26. The SMILES string of the molecule is CC(C)C1CCC2OCCNC2C1. The van der Waals surface area contributed by atoms with E-state index in [1.165, 1.54) is 19.3 Å². The lowest BCUT2D eigenvalue weighted by atomic mass is 9.77. The van der Waals surface area contributed by atoms with Gasteiger partial charge in [0.1, 0.15) is 0 Å². The molecule has 2 fully saturated rings. The Labute approximate surface area is 81.0 Å². The minimum absolute atomic E-state index is 0.517. The average Bonchev–Trinajstić information content (AvgIpc) is 2.17. The van der Waals surface area contributed by atoms with Gasteiger partial charge in [0, 0.05) is 12.6 Å². The molecule has 0 radical (unpaired) electrons. The number of morpholine rings is 1. The highest BCUT2D eigenvalue weighted by atomic mass is 16.5. The lowest BCUT2D eigenvalue weighted by molar-refractivity contribution is -0.0385. The highest BCUT2D eigenvalue weighted by molar-refractivity contribution is 4.88. The summed E-state index contributed by atoms with van der Waals surface area (Å²) < 4.78 is 5.75. The van der Waals surface area contributed by atoms with Crippen molar-refractivity contribution in [1.82, 2.24) is 5.32 Å². The van der Waals surface area contributed by atoms with E-state index < -0.39 is 0 Å². The molecule has 13 heavy (non-hydrogen) atoms. The molecular weight excluding hydrogens is 162 g/mol. The van der Waals surface area contributed by atoms with Gasteiger partial charge in [-0.3, -0.25) is 0 Å². The Kier molecular flexibility index (Phi) is 2.89. The normalized spacial score (nSPS) is 40.4. The van der Waals surface area contributed by atoms with Crippen LogP contribution in [0.4, 0.5) is 0 Å². The second-order valence-corrected chi connectivity index (χ2v) is 4.79. The predicted octanol–water partition coefficient (Wildman–Crippen LogP) is 1.80. The molecule has 0 aromatic rings. The van der Waals surface area contributed by atoms with Gasteiger partial charge in [-0.05, 0) is 31.1 Å². The van der Waals surface area contributed by atoms with Gasteiger partial charge in [-0.2, -0.15) is 0 Å². The standard InChI is InChI=1S/C11H21NO/c1-8(2)9-3-4-11-10(7-9)12-5-6-13-11/h8-12H,3-7H2,1-2H3. The minimum Gasteiger partial charge on any atom is -0.375 e. The fourth-order valence-electron chi connectivity index (χ4n) is 2.65. The molecular formula is C11H21NO. The summed E-state index contributed by atoms with van der Waals surface area (Å²) in [4.78, 5) is 0. The second kappa shape index (κ2) is 3.97. The van der Waals surface area contributed by atoms with Crippen molar-refractivity contribution in [2.45, 2.75) is 45.3 Å². The Balaban J connectivity index is 1.91. The predicted molar refractivity (Wildman–Crippen MR) is 53.7 cm³/mol. The molecule has 76 valence electrons. The Morgan fingerprint density at radius 2 is 2.15 bits per heavy atom. The molecule has 3 atom stereocenters. The van der Waals surface area contributed by atoms with Crippen molar-refractivity contribution in [3.05, 3.63) is 0 Å². The van der Waals surface area contributed by atoms with Crippen molar-refractivity contribution in [2.24, 2.45) is 11.8 Å². The van der Waals surface area contributed by atoms with Crippen LogP contribution in [0.5, 0.6) is 0 Å². The summed E-state index contributed by atoms with van der Waals surface area (Å²) in [6.45, 7) is 6.64. The van der Waals surface area contributed by atoms with Gasteiger partial charge in [0.2, 0.25) is 0 Å². The largest absolute Gasteiger partial charge is 0.375 e. The van der Waals surface area contributed by atoms with Gasteiger partial charge in [0.15, 0.2) is 0 Å². The first-order chi connectivity index (χ1) is 6.27. The molecule has 2 aliphatic rings. The van der Waals surface area contributed by atoms with Gasteiger partial charge < -0.3 is 10.1 Å². The lowest BCUT2D eigenvalue weighted by Gasteiger charge is -2.41. The van der Waals surface area contributed by atoms with E-state index in [0.717, 1.165) is 25.0 Å². The molecule has 1 saturated carbocycles. The molecule has 0 amide bonds. The summed E-state index contributed by atoms with van der Waals surface area (Å²) in [6.07, 6.45) is 4.47. The fourth-order valence-corrected chi connectivity index (χ4v) is 2.65. The zero-order valence-electron chi connectivity index (χ0n) is 8.75. The van der Waals surface area contributed by atoms with Crippen LogP contribution >= 0.6 is 0 Å². The van der Waals surface area contributed by atoms with Crippen LogP contribution in [-0.2, 0) is 4.74 Å². The van der Waals surface area contributed by atoms with Crippen molar-refractivity contribution < 1.29 is 4.74 Å². The monoisotopic (exact) mass is 183 g/mol. The number of rotatable bonds is 1. The van der Waals surface area contributed by atoms with Crippen LogP contribution in [0, 0.1) is 11.8 Å². The number of fused-ring (bicyclic) bond motifs is 1. The maximum absolute atomic E-state index is 5.75. The summed E-state index contributed by atoms with van der Waals surface area (Å²) >= 11 is 0. The Bertz CT molecular complexity index is 169. The van der Waals surface area contributed by atoms with Crippen molar-refractivity contribution in [3.8, 4) is 0 Å². The van der Waals surface area contributed by atoms with Crippen LogP contribution in [0.2, 0.25) is 0 Å². The highest BCUT2D eigenvalue weighted by Gasteiger charge is 2.33. The first kappa shape index (κ1) is 9.47. The molecule has 2 nitrogen and oxygen atoms in total. The lowest BCUT2D eigenvalue weighted by Crippen LogP contribution is -2.51. The molecule has 1 saturated heterocycles. The molecule has 1 aliphatic heterocycles. The van der Waals surface area contributed by atoms with Gasteiger partial charge in [0.05, 0.1) is 12.7 Å². The molecule has 0 aromatic carbocycles. The Hall–Kier alpha value is -0.0800. The molecule has 0 aromatic heterocycles. The topological polar surface area (TPSA) is 21.3 Å². The number of nitrogens with one attached hydrogen (secondary N) is 1. The van der Waals surface area contributed by atoms with Gasteiger partial charge in [0.25, 0.3) is 0 Å². The Morgan fingerprint density at radius 1 is 1.31 bits per heavy atom. The summed E-state index contributed by atoms with van der Waals surface area (Å²) in [5, 5.41) is 3.58. The zero-order valence-corrected chi connectivity index (χ0v) is 8.75.